The van der Waals surface area contributed by atoms with Crippen LogP contribution >= 0.6 is 0 Å². The maximum absolute atomic E-state index is 13.5. The number of nitrogens with zero attached hydrogens (tertiary/aromatic N) is 2. The van der Waals surface area contributed by atoms with Crippen molar-refractivity contribution in [2.24, 2.45) is 0 Å². The highest BCUT2D eigenvalue weighted by Gasteiger charge is 2.31. The summed E-state index contributed by atoms with van der Waals surface area (Å²) in [5.41, 5.74) is 3.89. The van der Waals surface area contributed by atoms with Gasteiger partial charge in [-0.3, -0.25) is 4.90 Å². The van der Waals surface area contributed by atoms with E-state index >= 15 is 0 Å². The van der Waals surface area contributed by atoms with E-state index < -0.39 is 6.17 Å². The zero-order chi connectivity index (χ0) is 19.6. The van der Waals surface area contributed by atoms with Crippen molar-refractivity contribution in [3.63, 3.8) is 0 Å². The van der Waals surface area contributed by atoms with E-state index in [4.69, 9.17) is 5.26 Å². The highest BCUT2D eigenvalue weighted by atomic mass is 19.1. The smallest absolute Gasteiger partial charge is 0.107 e. The lowest BCUT2D eigenvalue weighted by atomic mass is 9.78. The second kappa shape index (κ2) is 10.8. The van der Waals surface area contributed by atoms with Crippen LogP contribution in [-0.4, -0.2) is 24.2 Å². The van der Waals surface area contributed by atoms with Crippen molar-refractivity contribution in [2.75, 3.05) is 7.05 Å². The van der Waals surface area contributed by atoms with E-state index in [9.17, 15) is 4.39 Å². The molecule has 1 aliphatic carbocycles. The number of hydrogen-bond donors (Lipinski definition) is 0. The summed E-state index contributed by atoms with van der Waals surface area (Å²) in [4.78, 5) is 2.41. The molecular weight excluding hydrogens is 335 g/mol. The van der Waals surface area contributed by atoms with Gasteiger partial charge >= 0.3 is 0 Å². The van der Waals surface area contributed by atoms with Crippen molar-refractivity contribution in [3.8, 4) is 6.07 Å². The van der Waals surface area contributed by atoms with E-state index in [0.717, 1.165) is 32.2 Å². The third kappa shape index (κ3) is 6.48. The van der Waals surface area contributed by atoms with Gasteiger partial charge in [0.05, 0.1) is 6.07 Å². The van der Waals surface area contributed by atoms with Crippen molar-refractivity contribution in [1.82, 2.24) is 4.90 Å². The molecule has 2 nitrogen and oxygen atoms in total. The van der Waals surface area contributed by atoms with Crippen LogP contribution in [0.3, 0.4) is 0 Å². The minimum absolute atomic E-state index is 0.148. The van der Waals surface area contributed by atoms with Crippen molar-refractivity contribution < 1.29 is 4.39 Å². The lowest BCUT2D eigenvalue weighted by Gasteiger charge is -2.30. The summed E-state index contributed by atoms with van der Waals surface area (Å²) in [6.07, 6.45) is 3.32. The van der Waals surface area contributed by atoms with Crippen molar-refractivity contribution >= 4 is 0 Å². The molecule has 27 heavy (non-hydrogen) atoms. The van der Waals surface area contributed by atoms with Gasteiger partial charge in [-0.1, -0.05) is 54.6 Å². The summed E-state index contributed by atoms with van der Waals surface area (Å²) in [5.74, 6) is 0.148. The summed E-state index contributed by atoms with van der Waals surface area (Å²) in [7, 11) is 2.19. The lowest BCUT2D eigenvalue weighted by molar-refractivity contribution is 0.170. The Bertz CT molecular complexity index is 705. The predicted molar refractivity (Wildman–Crippen MR) is 110 cm³/mol. The van der Waals surface area contributed by atoms with Crippen LogP contribution in [-0.2, 0) is 13.0 Å². The van der Waals surface area contributed by atoms with Gasteiger partial charge in [0, 0.05) is 25.4 Å². The van der Waals surface area contributed by atoms with Gasteiger partial charge in [0.15, 0.2) is 0 Å². The molecule has 3 rings (SSSR count). The summed E-state index contributed by atoms with van der Waals surface area (Å²) >= 11 is 0. The summed E-state index contributed by atoms with van der Waals surface area (Å²) < 4.78 is 13.5. The highest BCUT2D eigenvalue weighted by molar-refractivity contribution is 5.28. The van der Waals surface area contributed by atoms with Crippen LogP contribution in [0.25, 0.3) is 0 Å². The zero-order valence-electron chi connectivity index (χ0n) is 16.7. The molecule has 0 spiro atoms. The highest BCUT2D eigenvalue weighted by Crippen LogP contribution is 2.39. The van der Waals surface area contributed by atoms with Crippen LogP contribution in [0.2, 0.25) is 0 Å². The first kappa shape index (κ1) is 21.1. The summed E-state index contributed by atoms with van der Waals surface area (Å²) in [6, 6.07) is 21.5. The Kier molecular flexibility index (Phi) is 8.48. The zero-order valence-corrected chi connectivity index (χ0v) is 16.7. The quantitative estimate of drug-likeness (QED) is 0.611. The molecule has 0 heterocycles. The predicted octanol–water partition coefficient (Wildman–Crippen LogP) is 5.89. The minimum Gasteiger partial charge on any atom is -0.299 e. The van der Waals surface area contributed by atoms with Gasteiger partial charge in [-0.05, 0) is 56.3 Å². The first-order valence-electron chi connectivity index (χ1n) is 9.83. The molecule has 0 saturated heterocycles. The fourth-order valence-corrected chi connectivity index (χ4v) is 3.39. The van der Waals surface area contributed by atoms with E-state index in [1.165, 1.54) is 23.6 Å². The first-order chi connectivity index (χ1) is 13.0. The van der Waals surface area contributed by atoms with Gasteiger partial charge in [-0.15, -0.1) is 0 Å². The SMILES string of the molecule is CC#N.CC(CCc1ccc(C2CCC2F)cc1)N(C)Cc1ccccc1. The normalized spacial score (nSPS) is 19.4. The van der Waals surface area contributed by atoms with E-state index in [0.29, 0.717) is 6.04 Å². The second-order valence-electron chi connectivity index (χ2n) is 7.45. The maximum Gasteiger partial charge on any atom is 0.107 e. The molecule has 3 atom stereocenters. The van der Waals surface area contributed by atoms with Crippen molar-refractivity contribution in [2.45, 2.75) is 64.2 Å². The van der Waals surface area contributed by atoms with Gasteiger partial charge in [-0.2, -0.15) is 5.26 Å². The number of hydrogen-bond acceptors (Lipinski definition) is 2. The molecular formula is C24H31FN2. The Hall–Kier alpha value is -2.18. The Morgan fingerprint density at radius 3 is 2.22 bits per heavy atom. The molecule has 0 amide bonds. The van der Waals surface area contributed by atoms with Crippen LogP contribution in [0.4, 0.5) is 4.39 Å². The van der Waals surface area contributed by atoms with Crippen LogP contribution in [0.15, 0.2) is 54.6 Å². The van der Waals surface area contributed by atoms with E-state index in [2.05, 4.69) is 73.5 Å². The first-order valence-corrected chi connectivity index (χ1v) is 9.83. The van der Waals surface area contributed by atoms with E-state index in [1.54, 1.807) is 6.07 Å². The van der Waals surface area contributed by atoms with Gasteiger partial charge in [0.1, 0.15) is 6.17 Å². The van der Waals surface area contributed by atoms with Gasteiger partial charge in [0.25, 0.3) is 0 Å². The molecule has 2 aromatic rings. The number of aryl methyl sites for hydroxylation is 1. The number of rotatable bonds is 7. The fraction of sp³-hybridized carbons (Fsp3) is 0.458. The third-order valence-electron chi connectivity index (χ3n) is 5.48. The number of nitriles is 1. The van der Waals surface area contributed by atoms with Crippen molar-refractivity contribution in [3.05, 3.63) is 71.3 Å². The van der Waals surface area contributed by atoms with E-state index in [-0.39, 0.29) is 5.92 Å². The Balaban J connectivity index is 0.000000817. The average Bonchev–Trinajstić information content (AvgIpc) is 2.67. The molecule has 0 bridgehead atoms. The number of halogens is 1. The van der Waals surface area contributed by atoms with Crippen LogP contribution in [0.5, 0.6) is 0 Å². The number of alkyl halides is 1. The molecule has 1 aliphatic rings. The molecule has 1 saturated carbocycles. The molecule has 1 fully saturated rings. The molecule has 2 aromatic carbocycles. The molecule has 0 radical (unpaired) electrons. The Morgan fingerprint density at radius 1 is 1.07 bits per heavy atom. The molecule has 3 unspecified atom stereocenters. The van der Waals surface area contributed by atoms with Crippen LogP contribution < -0.4 is 0 Å². The topological polar surface area (TPSA) is 27.0 Å². The molecule has 3 heteroatoms. The molecule has 0 aromatic heterocycles. The summed E-state index contributed by atoms with van der Waals surface area (Å²) in [5, 5.41) is 7.32. The fourth-order valence-electron chi connectivity index (χ4n) is 3.39. The number of benzene rings is 2. The average molecular weight is 367 g/mol. The maximum atomic E-state index is 13.5. The standard InChI is InChI=1S/C22H28FN.C2H3N/c1-17(24(2)16-19-6-4-3-5-7-19)8-9-18-10-12-20(13-11-18)21-14-15-22(21)23;1-2-3/h3-7,10-13,17,21-22H,8-9,14-16H2,1-2H3;1H3. The van der Waals surface area contributed by atoms with E-state index in [1.807, 2.05) is 0 Å². The van der Waals surface area contributed by atoms with Gasteiger partial charge in [-0.25, -0.2) is 4.39 Å². The molecule has 0 aliphatic heterocycles. The third-order valence-corrected chi connectivity index (χ3v) is 5.48. The summed E-state index contributed by atoms with van der Waals surface area (Å²) in [6.45, 7) is 4.71. The lowest BCUT2D eigenvalue weighted by Crippen LogP contribution is -2.29. The molecule has 144 valence electrons. The van der Waals surface area contributed by atoms with Crippen molar-refractivity contribution in [1.29, 1.82) is 5.26 Å². The van der Waals surface area contributed by atoms with Crippen LogP contribution in [0, 0.1) is 11.3 Å². The largest absolute Gasteiger partial charge is 0.299 e. The van der Waals surface area contributed by atoms with Gasteiger partial charge < -0.3 is 0 Å². The molecule has 0 N–H and O–H groups in total. The minimum atomic E-state index is -0.623. The van der Waals surface area contributed by atoms with Crippen LogP contribution in [0.1, 0.15) is 55.7 Å². The Labute approximate surface area is 163 Å². The van der Waals surface area contributed by atoms with Gasteiger partial charge in [0.2, 0.25) is 0 Å². The monoisotopic (exact) mass is 366 g/mol. The Morgan fingerprint density at radius 2 is 1.70 bits per heavy atom. The second-order valence-corrected chi connectivity index (χ2v) is 7.45.